The van der Waals surface area contributed by atoms with Gasteiger partial charge in [0.2, 0.25) is 0 Å². The zero-order chi connectivity index (χ0) is 15.2. The molecule has 0 saturated carbocycles. The van der Waals surface area contributed by atoms with Crippen LogP contribution in [0.2, 0.25) is 0 Å². The van der Waals surface area contributed by atoms with E-state index in [2.05, 4.69) is 4.90 Å². The topological polar surface area (TPSA) is 57.0 Å². The van der Waals surface area contributed by atoms with Crippen molar-refractivity contribution in [3.63, 3.8) is 0 Å². The Morgan fingerprint density at radius 3 is 2.67 bits per heavy atom. The van der Waals surface area contributed by atoms with E-state index >= 15 is 0 Å². The third-order valence-corrected chi connectivity index (χ3v) is 4.26. The first-order valence-electron chi connectivity index (χ1n) is 7.39. The molecule has 1 fully saturated rings. The molecule has 1 aliphatic heterocycles. The van der Waals surface area contributed by atoms with Crippen molar-refractivity contribution in [2.75, 3.05) is 34.4 Å². The van der Waals surface area contributed by atoms with Gasteiger partial charge in [0.1, 0.15) is 11.5 Å². The fraction of sp³-hybridized carbons (Fsp3) is 0.625. The monoisotopic (exact) mass is 294 g/mol. The van der Waals surface area contributed by atoms with Crippen LogP contribution in [0, 0.1) is 0 Å². The van der Waals surface area contributed by atoms with Gasteiger partial charge in [0.25, 0.3) is 0 Å². The van der Waals surface area contributed by atoms with E-state index < -0.39 is 0 Å². The Morgan fingerprint density at radius 1 is 1.24 bits per heavy atom. The molecule has 1 aliphatic rings. The molecule has 0 spiro atoms. The van der Waals surface area contributed by atoms with Crippen molar-refractivity contribution in [1.82, 2.24) is 4.90 Å². The smallest absolute Gasteiger partial charge is 0.123 e. The Kier molecular flexibility index (Phi) is 5.85. The fourth-order valence-corrected chi connectivity index (χ4v) is 2.95. The molecule has 2 N–H and O–H groups in total. The number of piperidine rings is 1. The molecule has 2 atom stereocenters. The maximum Gasteiger partial charge on any atom is 0.123 e. The minimum atomic E-state index is 0.321. The number of methoxy groups -OCH3 is 3. The summed E-state index contributed by atoms with van der Waals surface area (Å²) in [5.74, 6) is 1.74. The highest BCUT2D eigenvalue weighted by molar-refractivity contribution is 5.40. The molecule has 1 aromatic carbocycles. The second-order valence-electron chi connectivity index (χ2n) is 5.42. The first kappa shape index (κ1) is 16.1. The van der Waals surface area contributed by atoms with Gasteiger partial charge in [-0.1, -0.05) is 0 Å². The van der Waals surface area contributed by atoms with Crippen molar-refractivity contribution in [1.29, 1.82) is 0 Å². The second kappa shape index (κ2) is 7.64. The summed E-state index contributed by atoms with van der Waals surface area (Å²) in [6, 6.07) is 6.25. The van der Waals surface area contributed by atoms with Crippen molar-refractivity contribution in [2.24, 2.45) is 5.73 Å². The lowest BCUT2D eigenvalue weighted by Crippen LogP contribution is -2.48. The van der Waals surface area contributed by atoms with Gasteiger partial charge in [0.15, 0.2) is 0 Å². The Bertz CT molecular complexity index is 453. The van der Waals surface area contributed by atoms with Gasteiger partial charge in [0.05, 0.1) is 20.3 Å². The predicted octanol–water partition coefficient (Wildman–Crippen LogP) is 1.64. The van der Waals surface area contributed by atoms with E-state index in [4.69, 9.17) is 19.9 Å². The number of nitrogens with zero attached hydrogens (tertiary/aromatic N) is 1. The van der Waals surface area contributed by atoms with Gasteiger partial charge in [-0.25, -0.2) is 0 Å². The normalized spacial score (nSPS) is 23.0. The van der Waals surface area contributed by atoms with E-state index in [9.17, 15) is 0 Å². The number of hydrogen-bond acceptors (Lipinski definition) is 5. The maximum atomic E-state index is 5.94. The molecule has 0 bridgehead atoms. The van der Waals surface area contributed by atoms with Crippen LogP contribution in [0.1, 0.15) is 18.4 Å². The highest BCUT2D eigenvalue weighted by Crippen LogP contribution is 2.28. The van der Waals surface area contributed by atoms with E-state index in [1.54, 1.807) is 21.3 Å². The lowest BCUT2D eigenvalue weighted by molar-refractivity contribution is 0.00998. The van der Waals surface area contributed by atoms with E-state index in [0.717, 1.165) is 43.0 Å². The lowest BCUT2D eigenvalue weighted by Gasteiger charge is -2.38. The average molecular weight is 294 g/mol. The van der Waals surface area contributed by atoms with Crippen molar-refractivity contribution in [3.05, 3.63) is 23.8 Å². The molecular formula is C16H26N2O3. The van der Waals surface area contributed by atoms with E-state index in [1.165, 1.54) is 0 Å². The fourth-order valence-electron chi connectivity index (χ4n) is 2.95. The van der Waals surface area contributed by atoms with Crippen molar-refractivity contribution in [3.8, 4) is 11.5 Å². The Balaban J connectivity index is 2.12. The third-order valence-electron chi connectivity index (χ3n) is 4.26. The first-order chi connectivity index (χ1) is 10.2. The zero-order valence-electron chi connectivity index (χ0n) is 13.2. The van der Waals surface area contributed by atoms with Crippen molar-refractivity contribution in [2.45, 2.75) is 31.5 Å². The van der Waals surface area contributed by atoms with E-state index in [0.29, 0.717) is 18.7 Å². The summed E-state index contributed by atoms with van der Waals surface area (Å²) in [4.78, 5) is 2.41. The van der Waals surface area contributed by atoms with Crippen molar-refractivity contribution >= 4 is 0 Å². The molecule has 1 aromatic rings. The molecule has 0 amide bonds. The van der Waals surface area contributed by atoms with Gasteiger partial charge >= 0.3 is 0 Å². The van der Waals surface area contributed by atoms with Crippen LogP contribution >= 0.6 is 0 Å². The van der Waals surface area contributed by atoms with Crippen LogP contribution in [0.4, 0.5) is 0 Å². The summed E-state index contributed by atoms with van der Waals surface area (Å²) in [7, 11) is 5.15. The summed E-state index contributed by atoms with van der Waals surface area (Å²) in [5, 5.41) is 0. The molecule has 5 heteroatoms. The summed E-state index contributed by atoms with van der Waals surface area (Å²) in [6.45, 7) is 2.45. The van der Waals surface area contributed by atoms with Gasteiger partial charge in [-0.3, -0.25) is 4.90 Å². The largest absolute Gasteiger partial charge is 0.497 e. The molecule has 5 nitrogen and oxygen atoms in total. The summed E-state index contributed by atoms with van der Waals surface area (Å²) in [5.41, 5.74) is 7.07. The Labute approximate surface area is 127 Å². The summed E-state index contributed by atoms with van der Waals surface area (Å²) < 4.78 is 16.2. The zero-order valence-corrected chi connectivity index (χ0v) is 13.2. The summed E-state index contributed by atoms with van der Waals surface area (Å²) in [6.07, 6.45) is 2.35. The van der Waals surface area contributed by atoms with Crippen LogP contribution in [0.3, 0.4) is 0 Å². The minimum Gasteiger partial charge on any atom is -0.497 e. The molecule has 118 valence electrons. The minimum absolute atomic E-state index is 0.321. The highest BCUT2D eigenvalue weighted by atomic mass is 16.5. The maximum absolute atomic E-state index is 5.94. The molecule has 2 unspecified atom stereocenters. The van der Waals surface area contributed by atoms with Crippen LogP contribution in [0.5, 0.6) is 11.5 Å². The molecular weight excluding hydrogens is 268 g/mol. The van der Waals surface area contributed by atoms with Crippen LogP contribution in [0.15, 0.2) is 18.2 Å². The molecule has 21 heavy (non-hydrogen) atoms. The molecule has 2 rings (SSSR count). The Hall–Kier alpha value is -1.30. The van der Waals surface area contributed by atoms with Crippen LogP contribution in [0.25, 0.3) is 0 Å². The number of likely N-dealkylation sites (tertiary alicyclic amines) is 1. The van der Waals surface area contributed by atoms with Crippen molar-refractivity contribution < 1.29 is 14.2 Å². The molecule has 0 radical (unpaired) electrons. The second-order valence-corrected chi connectivity index (χ2v) is 5.42. The van der Waals surface area contributed by atoms with Crippen LogP contribution < -0.4 is 15.2 Å². The lowest BCUT2D eigenvalue weighted by atomic mass is 9.98. The number of hydrogen-bond donors (Lipinski definition) is 1. The van der Waals surface area contributed by atoms with Gasteiger partial charge < -0.3 is 19.9 Å². The molecule has 0 aromatic heterocycles. The standard InChI is InChI=1S/C16H26N2O3/c1-19-14-4-5-16(21-3)12(8-14)11-18-7-6-15(20-2)9-13(18)10-17/h4-5,8,13,15H,6-7,9-11,17H2,1-3H3. The van der Waals surface area contributed by atoms with Gasteiger partial charge in [-0.05, 0) is 31.0 Å². The summed E-state index contributed by atoms with van der Waals surface area (Å²) >= 11 is 0. The quantitative estimate of drug-likeness (QED) is 0.864. The van der Waals surface area contributed by atoms with Gasteiger partial charge in [0, 0.05) is 38.3 Å². The predicted molar refractivity (Wildman–Crippen MR) is 82.8 cm³/mol. The van der Waals surface area contributed by atoms with E-state index in [1.807, 2.05) is 18.2 Å². The number of rotatable bonds is 6. The van der Waals surface area contributed by atoms with Gasteiger partial charge in [-0.15, -0.1) is 0 Å². The van der Waals surface area contributed by atoms with Gasteiger partial charge in [-0.2, -0.15) is 0 Å². The highest BCUT2D eigenvalue weighted by Gasteiger charge is 2.28. The third kappa shape index (κ3) is 3.87. The SMILES string of the molecule is COc1ccc(OC)c(CN2CCC(OC)CC2CN)c1. The first-order valence-corrected chi connectivity index (χ1v) is 7.39. The number of nitrogens with two attached hydrogens (primary N) is 1. The average Bonchev–Trinajstić information content (AvgIpc) is 2.55. The Morgan fingerprint density at radius 2 is 2.05 bits per heavy atom. The van der Waals surface area contributed by atoms with Crippen LogP contribution in [-0.2, 0) is 11.3 Å². The molecule has 1 heterocycles. The van der Waals surface area contributed by atoms with E-state index in [-0.39, 0.29) is 0 Å². The molecule has 0 aliphatic carbocycles. The molecule has 1 saturated heterocycles. The van der Waals surface area contributed by atoms with Crippen LogP contribution in [-0.4, -0.2) is 51.5 Å². The number of ether oxygens (including phenoxy) is 3. The number of benzene rings is 1.